The number of carboxylic acid groups (broad SMARTS) is 1. The Morgan fingerprint density at radius 3 is 2.41 bits per heavy atom. The molecule has 0 radical (unpaired) electrons. The van der Waals surface area contributed by atoms with Crippen molar-refractivity contribution in [3.8, 4) is 0 Å². The summed E-state index contributed by atoms with van der Waals surface area (Å²) in [4.78, 5) is 42.2. The number of hydrogen-bond donors (Lipinski definition) is 4. The van der Waals surface area contributed by atoms with Gasteiger partial charge < -0.3 is 26.0 Å². The summed E-state index contributed by atoms with van der Waals surface area (Å²) in [6.07, 6.45) is 3.51. The third-order valence-electron chi connectivity index (χ3n) is 6.51. The molecule has 8 heteroatoms. The smallest absolute Gasteiger partial charge is 0.326 e. The number of likely N-dealkylation sites (tertiary alicyclic amines) is 1. The van der Waals surface area contributed by atoms with Crippen LogP contribution in [0.1, 0.15) is 24.0 Å². The number of carbonyl (C=O) groups excluding carboxylic acids is 2. The highest BCUT2D eigenvalue weighted by Crippen LogP contribution is 2.21. The molecule has 2 atom stereocenters. The lowest BCUT2D eigenvalue weighted by Gasteiger charge is -2.33. The number of rotatable bonds is 8. The van der Waals surface area contributed by atoms with Crippen molar-refractivity contribution < 1.29 is 19.5 Å². The van der Waals surface area contributed by atoms with E-state index >= 15 is 0 Å². The lowest BCUT2D eigenvalue weighted by molar-refractivity contribution is -0.143. The molecular weight excluding hydrogens is 432 g/mol. The second kappa shape index (κ2) is 10.5. The lowest BCUT2D eigenvalue weighted by atomic mass is 9.94. The number of aromatic nitrogens is 1. The van der Waals surface area contributed by atoms with Crippen LogP contribution in [-0.2, 0) is 27.2 Å². The third kappa shape index (κ3) is 5.46. The molecule has 1 fully saturated rings. The number of aliphatic carboxylic acids is 1. The molecule has 4 rings (SSSR count). The van der Waals surface area contributed by atoms with Gasteiger partial charge in [-0.25, -0.2) is 4.79 Å². The third-order valence-corrected chi connectivity index (χ3v) is 6.51. The van der Waals surface area contributed by atoms with Gasteiger partial charge in [0.05, 0.1) is 6.04 Å². The monoisotopic (exact) mass is 462 g/mol. The molecule has 178 valence electrons. The maximum Gasteiger partial charge on any atom is 0.326 e. The number of hydrogen-bond acceptors (Lipinski definition) is 4. The summed E-state index contributed by atoms with van der Waals surface area (Å²) in [5, 5.41) is 13.3. The van der Waals surface area contributed by atoms with Gasteiger partial charge in [-0.05, 0) is 36.5 Å². The maximum absolute atomic E-state index is 12.9. The molecule has 8 nitrogen and oxygen atoms in total. The second-order valence-electron chi connectivity index (χ2n) is 8.86. The molecule has 3 aromatic rings. The number of nitrogens with zero attached hydrogens (tertiary/aromatic N) is 1. The van der Waals surface area contributed by atoms with Crippen molar-refractivity contribution in [1.82, 2.24) is 15.2 Å². The van der Waals surface area contributed by atoms with Crippen molar-refractivity contribution >= 4 is 28.7 Å². The summed E-state index contributed by atoms with van der Waals surface area (Å²) < 4.78 is 0. The van der Waals surface area contributed by atoms with Gasteiger partial charge in [-0.3, -0.25) is 9.59 Å². The number of para-hydroxylation sites is 1. The van der Waals surface area contributed by atoms with E-state index in [0.717, 1.165) is 22.0 Å². The van der Waals surface area contributed by atoms with Crippen molar-refractivity contribution in [2.75, 3.05) is 13.1 Å². The van der Waals surface area contributed by atoms with Crippen LogP contribution in [0.3, 0.4) is 0 Å². The summed E-state index contributed by atoms with van der Waals surface area (Å²) in [7, 11) is 0. The van der Waals surface area contributed by atoms with Gasteiger partial charge >= 0.3 is 5.97 Å². The Morgan fingerprint density at radius 1 is 1.03 bits per heavy atom. The van der Waals surface area contributed by atoms with Gasteiger partial charge in [0.1, 0.15) is 6.04 Å². The van der Waals surface area contributed by atoms with Gasteiger partial charge in [-0.15, -0.1) is 0 Å². The van der Waals surface area contributed by atoms with Crippen LogP contribution in [-0.4, -0.2) is 57.9 Å². The van der Waals surface area contributed by atoms with Crippen LogP contribution in [0.4, 0.5) is 0 Å². The molecule has 2 amide bonds. The molecule has 0 spiro atoms. The molecule has 0 aliphatic carbocycles. The SMILES string of the molecule is NC(Cc1c[nH]c2ccccc12)C(=O)N1CCC(C(=O)NC(Cc2ccccc2)C(=O)O)CC1. The van der Waals surface area contributed by atoms with Gasteiger partial charge in [0, 0.05) is 42.5 Å². The number of aromatic amines is 1. The number of benzene rings is 2. The first-order chi connectivity index (χ1) is 16.4. The largest absolute Gasteiger partial charge is 0.480 e. The van der Waals surface area contributed by atoms with Crippen molar-refractivity contribution in [2.45, 2.75) is 37.8 Å². The predicted molar refractivity (Wildman–Crippen MR) is 129 cm³/mol. The fraction of sp³-hybridized carbons (Fsp3) is 0.346. The summed E-state index contributed by atoms with van der Waals surface area (Å²) in [6, 6.07) is 15.5. The van der Waals surface area contributed by atoms with Crippen LogP contribution in [0.2, 0.25) is 0 Å². The summed E-state index contributed by atoms with van der Waals surface area (Å²) in [5.74, 6) is -1.80. The van der Waals surface area contributed by atoms with Crippen molar-refractivity contribution in [3.63, 3.8) is 0 Å². The summed E-state index contributed by atoms with van der Waals surface area (Å²) in [6.45, 7) is 0.851. The first-order valence-electron chi connectivity index (χ1n) is 11.6. The van der Waals surface area contributed by atoms with Crippen molar-refractivity contribution in [2.24, 2.45) is 11.7 Å². The van der Waals surface area contributed by atoms with E-state index in [1.807, 2.05) is 60.8 Å². The molecule has 2 aromatic carbocycles. The van der Waals surface area contributed by atoms with Gasteiger partial charge in [-0.1, -0.05) is 48.5 Å². The predicted octanol–water partition coefficient (Wildman–Crippen LogP) is 2.09. The number of fused-ring (bicyclic) bond motifs is 1. The van der Waals surface area contributed by atoms with Crippen LogP contribution < -0.4 is 11.1 Å². The zero-order valence-electron chi connectivity index (χ0n) is 18.9. The summed E-state index contributed by atoms with van der Waals surface area (Å²) >= 11 is 0. The highest BCUT2D eigenvalue weighted by Gasteiger charge is 2.31. The Hall–Kier alpha value is -3.65. The molecule has 1 aliphatic heterocycles. The number of piperidine rings is 1. The molecule has 34 heavy (non-hydrogen) atoms. The molecule has 1 saturated heterocycles. The minimum Gasteiger partial charge on any atom is -0.480 e. The Bertz CT molecular complexity index is 1150. The number of nitrogens with one attached hydrogen (secondary N) is 2. The summed E-state index contributed by atoms with van der Waals surface area (Å²) in [5.41, 5.74) is 9.11. The van der Waals surface area contributed by atoms with E-state index in [2.05, 4.69) is 10.3 Å². The minimum absolute atomic E-state index is 0.128. The second-order valence-corrected chi connectivity index (χ2v) is 8.86. The zero-order chi connectivity index (χ0) is 24.1. The number of nitrogens with two attached hydrogens (primary N) is 1. The number of carbonyl (C=O) groups is 3. The van der Waals surface area contributed by atoms with Crippen LogP contribution in [0, 0.1) is 5.92 Å². The highest BCUT2D eigenvalue weighted by atomic mass is 16.4. The zero-order valence-corrected chi connectivity index (χ0v) is 18.9. The topological polar surface area (TPSA) is 129 Å². The van der Waals surface area contributed by atoms with Crippen LogP contribution in [0.25, 0.3) is 10.9 Å². The molecule has 1 aromatic heterocycles. The van der Waals surface area contributed by atoms with E-state index < -0.39 is 18.1 Å². The standard InChI is InChI=1S/C26H30N4O4/c27-21(15-19-16-28-22-9-5-4-8-20(19)22)25(32)30-12-10-18(11-13-30)24(31)29-23(26(33)34)14-17-6-2-1-3-7-17/h1-9,16,18,21,23,28H,10-15,27H2,(H,29,31)(H,33,34). The Balaban J connectivity index is 1.29. The molecule has 1 aliphatic rings. The van der Waals surface area contributed by atoms with Crippen LogP contribution in [0.5, 0.6) is 0 Å². The molecule has 2 heterocycles. The van der Waals surface area contributed by atoms with E-state index in [9.17, 15) is 19.5 Å². The average molecular weight is 463 g/mol. The van der Waals surface area contributed by atoms with E-state index in [-0.39, 0.29) is 24.2 Å². The van der Waals surface area contributed by atoms with Gasteiger partial charge in [0.15, 0.2) is 0 Å². The van der Waals surface area contributed by atoms with Crippen molar-refractivity contribution in [1.29, 1.82) is 0 Å². The van der Waals surface area contributed by atoms with Crippen LogP contribution >= 0.6 is 0 Å². The molecule has 2 unspecified atom stereocenters. The Morgan fingerprint density at radius 2 is 1.71 bits per heavy atom. The van der Waals surface area contributed by atoms with Crippen molar-refractivity contribution in [3.05, 3.63) is 71.9 Å². The normalized spacial score (nSPS) is 16.2. The molecule has 0 saturated carbocycles. The minimum atomic E-state index is -1.06. The maximum atomic E-state index is 12.9. The van der Waals surface area contributed by atoms with E-state index in [4.69, 9.17) is 5.73 Å². The van der Waals surface area contributed by atoms with Gasteiger partial charge in [0.25, 0.3) is 0 Å². The molecular formula is C26H30N4O4. The number of amides is 2. The fourth-order valence-corrected chi connectivity index (χ4v) is 4.56. The van der Waals surface area contributed by atoms with E-state index in [0.29, 0.717) is 32.4 Å². The molecule has 0 bridgehead atoms. The Kier molecular flexibility index (Phi) is 7.27. The number of H-pyrrole nitrogens is 1. The average Bonchev–Trinajstić information content (AvgIpc) is 3.26. The first kappa shape index (κ1) is 23.5. The Labute approximate surface area is 198 Å². The van der Waals surface area contributed by atoms with Gasteiger partial charge in [-0.2, -0.15) is 0 Å². The fourth-order valence-electron chi connectivity index (χ4n) is 4.56. The first-order valence-corrected chi connectivity index (χ1v) is 11.6. The van der Waals surface area contributed by atoms with Gasteiger partial charge in [0.2, 0.25) is 11.8 Å². The highest BCUT2D eigenvalue weighted by molar-refractivity contribution is 5.87. The van der Waals surface area contributed by atoms with E-state index in [1.165, 1.54) is 0 Å². The quantitative estimate of drug-likeness (QED) is 0.407. The molecule has 5 N–H and O–H groups in total. The van der Waals surface area contributed by atoms with E-state index in [1.54, 1.807) is 4.90 Å². The van der Waals surface area contributed by atoms with Crippen LogP contribution in [0.15, 0.2) is 60.8 Å². The number of carboxylic acids is 1. The lowest BCUT2D eigenvalue weighted by Crippen LogP contribution is -2.51.